The lowest BCUT2D eigenvalue weighted by Gasteiger charge is -2.28. The van der Waals surface area contributed by atoms with Gasteiger partial charge < -0.3 is 5.32 Å². The Hall–Kier alpha value is -0.820. The van der Waals surface area contributed by atoms with Crippen LogP contribution in [0.2, 0.25) is 0 Å². The largest absolute Gasteiger partial charge is 0.310 e. The fraction of sp³-hybridized carbons (Fsp3) is 0.538. The molecule has 0 aromatic heterocycles. The van der Waals surface area contributed by atoms with E-state index in [-0.39, 0.29) is 0 Å². The second kappa shape index (κ2) is 4.14. The highest BCUT2D eigenvalue weighted by molar-refractivity contribution is 5.25. The molecule has 1 aliphatic rings. The minimum Gasteiger partial charge on any atom is -0.310 e. The molecule has 2 rings (SSSR count). The van der Waals surface area contributed by atoms with Crippen molar-refractivity contribution in [1.82, 2.24) is 5.32 Å². The van der Waals surface area contributed by atoms with Crippen LogP contribution < -0.4 is 5.32 Å². The molecule has 1 aromatic carbocycles. The van der Waals surface area contributed by atoms with Crippen LogP contribution in [0.4, 0.5) is 0 Å². The fourth-order valence-corrected chi connectivity index (χ4v) is 2.17. The van der Waals surface area contributed by atoms with Gasteiger partial charge in [0.25, 0.3) is 0 Å². The van der Waals surface area contributed by atoms with E-state index in [1.165, 1.54) is 30.5 Å². The summed E-state index contributed by atoms with van der Waals surface area (Å²) >= 11 is 0. The average Bonchev–Trinajstić information content (AvgIpc) is 2.19. The first-order chi connectivity index (χ1) is 6.75. The van der Waals surface area contributed by atoms with Crippen LogP contribution in [-0.2, 0) is 0 Å². The first-order valence-corrected chi connectivity index (χ1v) is 5.55. The summed E-state index contributed by atoms with van der Waals surface area (Å²) in [5, 5.41) is 3.61. The Morgan fingerprint density at radius 2 is 2.14 bits per heavy atom. The maximum absolute atomic E-state index is 3.61. The van der Waals surface area contributed by atoms with Crippen LogP contribution in [0.3, 0.4) is 0 Å². The molecular formula is C13H19N. The van der Waals surface area contributed by atoms with Crippen LogP contribution in [0.15, 0.2) is 24.3 Å². The maximum Gasteiger partial charge on any atom is 0.0320 e. The molecule has 0 aliphatic carbocycles. The number of nitrogens with one attached hydrogen (secondary N) is 1. The molecular weight excluding hydrogens is 170 g/mol. The second-order valence-electron chi connectivity index (χ2n) is 4.56. The zero-order valence-electron chi connectivity index (χ0n) is 9.09. The van der Waals surface area contributed by atoms with Crippen molar-refractivity contribution in [3.63, 3.8) is 0 Å². The SMILES string of the molecule is Cc1cccc([C@H]2CC[C@H](C)CN2)c1. The van der Waals surface area contributed by atoms with E-state index in [1.807, 2.05) is 0 Å². The Kier molecular flexibility index (Phi) is 2.87. The number of piperidine rings is 1. The van der Waals surface area contributed by atoms with Gasteiger partial charge in [0.2, 0.25) is 0 Å². The molecule has 0 amide bonds. The summed E-state index contributed by atoms with van der Waals surface area (Å²) in [6.07, 6.45) is 2.64. The molecule has 14 heavy (non-hydrogen) atoms. The van der Waals surface area contributed by atoms with E-state index in [1.54, 1.807) is 0 Å². The highest BCUT2D eigenvalue weighted by Gasteiger charge is 2.18. The van der Waals surface area contributed by atoms with Crippen LogP contribution in [-0.4, -0.2) is 6.54 Å². The number of aryl methyl sites for hydroxylation is 1. The first-order valence-electron chi connectivity index (χ1n) is 5.55. The third-order valence-corrected chi connectivity index (χ3v) is 3.11. The minimum absolute atomic E-state index is 0.589. The highest BCUT2D eigenvalue weighted by atomic mass is 14.9. The molecule has 1 heteroatoms. The molecule has 1 nitrogen and oxygen atoms in total. The molecule has 1 aromatic rings. The molecule has 76 valence electrons. The molecule has 1 aliphatic heterocycles. The zero-order chi connectivity index (χ0) is 9.97. The highest BCUT2D eigenvalue weighted by Crippen LogP contribution is 2.25. The molecule has 0 saturated carbocycles. The molecule has 0 radical (unpaired) electrons. The number of benzene rings is 1. The lowest BCUT2D eigenvalue weighted by Crippen LogP contribution is -2.31. The lowest BCUT2D eigenvalue weighted by molar-refractivity contribution is 0.333. The van der Waals surface area contributed by atoms with E-state index in [9.17, 15) is 0 Å². The summed E-state index contributed by atoms with van der Waals surface area (Å²) in [6.45, 7) is 5.65. The van der Waals surface area contributed by atoms with Crippen LogP contribution in [0.5, 0.6) is 0 Å². The van der Waals surface area contributed by atoms with E-state index in [0.717, 1.165) is 5.92 Å². The molecule has 1 saturated heterocycles. The van der Waals surface area contributed by atoms with Crippen molar-refractivity contribution in [2.45, 2.75) is 32.7 Å². The van der Waals surface area contributed by atoms with Gasteiger partial charge in [-0.2, -0.15) is 0 Å². The zero-order valence-corrected chi connectivity index (χ0v) is 9.09. The fourth-order valence-electron chi connectivity index (χ4n) is 2.17. The molecule has 2 atom stereocenters. The van der Waals surface area contributed by atoms with Gasteiger partial charge in [0.15, 0.2) is 0 Å². The van der Waals surface area contributed by atoms with Crippen molar-refractivity contribution in [2.24, 2.45) is 5.92 Å². The quantitative estimate of drug-likeness (QED) is 0.716. The lowest BCUT2D eigenvalue weighted by atomic mass is 9.91. The van der Waals surface area contributed by atoms with Crippen molar-refractivity contribution in [3.8, 4) is 0 Å². The molecule has 0 spiro atoms. The van der Waals surface area contributed by atoms with Gasteiger partial charge in [-0.1, -0.05) is 36.8 Å². The Morgan fingerprint density at radius 3 is 2.79 bits per heavy atom. The van der Waals surface area contributed by atoms with Gasteiger partial charge in [-0.05, 0) is 37.8 Å². The predicted octanol–water partition coefficient (Wildman–Crippen LogP) is 3.06. The van der Waals surface area contributed by atoms with Crippen molar-refractivity contribution >= 4 is 0 Å². The normalized spacial score (nSPS) is 27.6. The molecule has 1 fully saturated rings. The molecule has 0 unspecified atom stereocenters. The van der Waals surface area contributed by atoms with E-state index in [0.29, 0.717) is 6.04 Å². The maximum atomic E-state index is 3.61. The minimum atomic E-state index is 0.589. The third-order valence-electron chi connectivity index (χ3n) is 3.11. The Morgan fingerprint density at radius 1 is 1.29 bits per heavy atom. The summed E-state index contributed by atoms with van der Waals surface area (Å²) in [7, 11) is 0. The van der Waals surface area contributed by atoms with Gasteiger partial charge in [0.05, 0.1) is 0 Å². The van der Waals surface area contributed by atoms with E-state index >= 15 is 0 Å². The van der Waals surface area contributed by atoms with Crippen molar-refractivity contribution in [2.75, 3.05) is 6.54 Å². The monoisotopic (exact) mass is 189 g/mol. The van der Waals surface area contributed by atoms with Crippen molar-refractivity contribution in [1.29, 1.82) is 0 Å². The van der Waals surface area contributed by atoms with Crippen LogP contribution in [0, 0.1) is 12.8 Å². The van der Waals surface area contributed by atoms with Gasteiger partial charge >= 0.3 is 0 Å². The van der Waals surface area contributed by atoms with E-state index in [4.69, 9.17) is 0 Å². The molecule has 1 N–H and O–H groups in total. The smallest absolute Gasteiger partial charge is 0.0320 e. The topological polar surface area (TPSA) is 12.0 Å². The van der Waals surface area contributed by atoms with Crippen molar-refractivity contribution in [3.05, 3.63) is 35.4 Å². The standard InChI is InChI=1S/C13H19N/c1-10-4-3-5-12(8-10)13-7-6-11(2)9-14-13/h3-5,8,11,13-14H,6-7,9H2,1-2H3/t11-,13+/m0/s1. The van der Waals surface area contributed by atoms with Gasteiger partial charge in [-0.25, -0.2) is 0 Å². The summed E-state index contributed by atoms with van der Waals surface area (Å²) in [5.41, 5.74) is 2.82. The van der Waals surface area contributed by atoms with Gasteiger partial charge in [0.1, 0.15) is 0 Å². The van der Waals surface area contributed by atoms with Crippen LogP contribution >= 0.6 is 0 Å². The molecule has 0 bridgehead atoms. The number of rotatable bonds is 1. The first kappa shape index (κ1) is 9.72. The Labute approximate surface area is 86.5 Å². The van der Waals surface area contributed by atoms with E-state index < -0.39 is 0 Å². The number of hydrogen-bond donors (Lipinski definition) is 1. The summed E-state index contributed by atoms with van der Waals surface area (Å²) < 4.78 is 0. The third kappa shape index (κ3) is 2.16. The van der Waals surface area contributed by atoms with Crippen molar-refractivity contribution < 1.29 is 0 Å². The summed E-state index contributed by atoms with van der Waals surface area (Å²) in [4.78, 5) is 0. The predicted molar refractivity (Wildman–Crippen MR) is 60.3 cm³/mol. The van der Waals surface area contributed by atoms with Gasteiger partial charge in [-0.15, -0.1) is 0 Å². The van der Waals surface area contributed by atoms with Crippen LogP contribution in [0.1, 0.15) is 36.9 Å². The summed E-state index contributed by atoms with van der Waals surface area (Å²) in [5.74, 6) is 0.844. The Balaban J connectivity index is 2.08. The number of hydrogen-bond acceptors (Lipinski definition) is 1. The van der Waals surface area contributed by atoms with Gasteiger partial charge in [0, 0.05) is 6.04 Å². The second-order valence-corrected chi connectivity index (χ2v) is 4.56. The van der Waals surface area contributed by atoms with Crippen LogP contribution in [0.25, 0.3) is 0 Å². The van der Waals surface area contributed by atoms with E-state index in [2.05, 4.69) is 43.4 Å². The van der Waals surface area contributed by atoms with Gasteiger partial charge in [-0.3, -0.25) is 0 Å². The summed E-state index contributed by atoms with van der Waals surface area (Å²) in [6, 6.07) is 9.44. The average molecular weight is 189 g/mol. The Bertz CT molecular complexity index is 298. The molecule has 1 heterocycles.